The first-order valence-electron chi connectivity index (χ1n) is 11.8. The molecule has 0 spiro atoms. The van der Waals surface area contributed by atoms with Crippen molar-refractivity contribution in [3.8, 4) is 11.3 Å². The van der Waals surface area contributed by atoms with E-state index in [2.05, 4.69) is 15.4 Å². The third-order valence-electron chi connectivity index (χ3n) is 6.77. The number of nitrogens with zero attached hydrogens (tertiary/aromatic N) is 4. The molecule has 9 nitrogen and oxygen atoms in total. The van der Waals surface area contributed by atoms with Gasteiger partial charge < -0.3 is 21.1 Å². The van der Waals surface area contributed by atoms with Crippen LogP contribution in [-0.2, 0) is 11.0 Å². The number of halogens is 8. The number of aliphatic hydroxyl groups is 1. The zero-order valence-corrected chi connectivity index (χ0v) is 21.2. The Morgan fingerprint density at radius 3 is 2.44 bits per heavy atom. The van der Waals surface area contributed by atoms with Crippen molar-refractivity contribution in [2.24, 2.45) is 0 Å². The fraction of sp³-hybridized carbons (Fsp3) is 0.417. The maximum atomic E-state index is 15.8. The minimum Gasteiger partial charge on any atom is -0.382 e. The van der Waals surface area contributed by atoms with Gasteiger partial charge in [-0.05, 0) is 31.5 Å². The van der Waals surface area contributed by atoms with E-state index in [4.69, 9.17) is 5.73 Å². The van der Waals surface area contributed by atoms with Crippen LogP contribution in [0.3, 0.4) is 0 Å². The summed E-state index contributed by atoms with van der Waals surface area (Å²) in [5, 5.41) is 15.5. The number of benzene rings is 1. The first-order valence-corrected chi connectivity index (χ1v) is 11.8. The highest BCUT2D eigenvalue weighted by Crippen LogP contribution is 2.40. The molecule has 41 heavy (non-hydrogen) atoms. The number of carbonyl (C=O) groups is 2. The number of nitrogen functional groups attached to an aromatic ring is 1. The lowest BCUT2D eigenvalue weighted by molar-refractivity contribution is -0.254. The summed E-state index contributed by atoms with van der Waals surface area (Å²) < 4.78 is 111. The molecule has 3 aromatic rings. The van der Waals surface area contributed by atoms with Crippen LogP contribution in [0.25, 0.3) is 16.8 Å². The third kappa shape index (κ3) is 5.49. The molecular formula is C24H22F8N6O3. The summed E-state index contributed by atoms with van der Waals surface area (Å²) in [7, 11) is 0. The van der Waals surface area contributed by atoms with Crippen molar-refractivity contribution >= 4 is 23.1 Å². The SMILES string of the molecule is Cc1ccc(-c2cc(C(F)(F)F)c3c(N)ncnn23)c(F)c1C(=O)N[C@@H]1CN(C(=O)CC(C)(O)C(F)(F)F)C[C@@H]1F. The van der Waals surface area contributed by atoms with E-state index in [1.807, 2.05) is 0 Å². The summed E-state index contributed by atoms with van der Waals surface area (Å²) in [4.78, 5) is 29.6. The number of alkyl halides is 7. The lowest BCUT2D eigenvalue weighted by atomic mass is 10.0. The lowest BCUT2D eigenvalue weighted by Crippen LogP contribution is -2.47. The van der Waals surface area contributed by atoms with Gasteiger partial charge in [-0.15, -0.1) is 0 Å². The molecule has 1 fully saturated rings. The molecule has 4 rings (SSSR count). The van der Waals surface area contributed by atoms with Crippen molar-refractivity contribution in [2.75, 3.05) is 18.8 Å². The first-order chi connectivity index (χ1) is 18.8. The number of aromatic nitrogens is 3. The van der Waals surface area contributed by atoms with Crippen LogP contribution in [0.5, 0.6) is 0 Å². The van der Waals surface area contributed by atoms with Gasteiger partial charge in [0.1, 0.15) is 23.8 Å². The largest absolute Gasteiger partial charge is 0.418 e. The number of hydrogen-bond acceptors (Lipinski definition) is 6. The van der Waals surface area contributed by atoms with Crippen LogP contribution in [-0.4, -0.2) is 73.5 Å². The van der Waals surface area contributed by atoms with Gasteiger partial charge in [-0.3, -0.25) is 9.59 Å². The number of nitrogens with two attached hydrogens (primary N) is 1. The molecule has 1 aromatic carbocycles. The molecule has 0 bridgehead atoms. The van der Waals surface area contributed by atoms with Gasteiger partial charge in [-0.1, -0.05) is 6.07 Å². The average Bonchev–Trinajstić information content (AvgIpc) is 3.40. The smallest absolute Gasteiger partial charge is 0.382 e. The number of aryl methyl sites for hydroxylation is 1. The number of amides is 2. The molecule has 1 aliphatic heterocycles. The van der Waals surface area contributed by atoms with Crippen molar-refractivity contribution in [3.63, 3.8) is 0 Å². The van der Waals surface area contributed by atoms with Gasteiger partial charge >= 0.3 is 12.4 Å². The minimum atomic E-state index is -5.13. The molecule has 3 atom stereocenters. The first kappa shape index (κ1) is 30.0. The maximum absolute atomic E-state index is 15.8. The standard InChI is InChI=1S/C24H22F8N6O3/c1-10-3-4-11(15-5-12(23(27,28)29)19-20(33)34-9-35-38(15)19)18(26)17(10)21(40)36-14-8-37(7-13(14)25)16(39)6-22(2,41)24(30,31)32/h3-5,9,13-14,41H,6-8H2,1-2H3,(H,36,40)(H2,33,34,35)/t13-,14+,22?/m0/s1. The number of likely N-dealkylation sites (tertiary alicyclic amines) is 1. The van der Waals surface area contributed by atoms with Crippen LogP contribution in [0.15, 0.2) is 24.5 Å². The predicted molar refractivity (Wildman–Crippen MR) is 127 cm³/mol. The summed E-state index contributed by atoms with van der Waals surface area (Å²) in [5.74, 6) is -4.21. The normalized spacial score (nSPS) is 19.4. The number of nitrogens with one attached hydrogen (secondary N) is 1. The molecule has 1 aliphatic rings. The molecule has 222 valence electrons. The Balaban J connectivity index is 1.62. The van der Waals surface area contributed by atoms with Crippen LogP contribution in [0, 0.1) is 12.7 Å². The minimum absolute atomic E-state index is 0.0253. The summed E-state index contributed by atoms with van der Waals surface area (Å²) in [6, 6.07) is 1.48. The number of fused-ring (bicyclic) bond motifs is 1. The van der Waals surface area contributed by atoms with Crippen LogP contribution < -0.4 is 11.1 Å². The molecule has 3 heterocycles. The van der Waals surface area contributed by atoms with Crippen molar-refractivity contribution < 1.29 is 49.8 Å². The Bertz CT molecular complexity index is 1520. The molecule has 1 unspecified atom stereocenters. The van der Waals surface area contributed by atoms with E-state index >= 15 is 4.39 Å². The van der Waals surface area contributed by atoms with E-state index in [1.165, 1.54) is 13.0 Å². The van der Waals surface area contributed by atoms with Crippen molar-refractivity contribution in [2.45, 2.75) is 50.4 Å². The molecule has 17 heteroatoms. The van der Waals surface area contributed by atoms with Gasteiger partial charge in [0.2, 0.25) is 5.91 Å². The van der Waals surface area contributed by atoms with Crippen molar-refractivity contribution in [1.82, 2.24) is 24.8 Å². The maximum Gasteiger partial charge on any atom is 0.418 e. The van der Waals surface area contributed by atoms with Gasteiger partial charge in [-0.2, -0.15) is 31.4 Å². The number of rotatable bonds is 5. The van der Waals surface area contributed by atoms with E-state index in [9.17, 15) is 45.4 Å². The zero-order valence-electron chi connectivity index (χ0n) is 21.2. The van der Waals surface area contributed by atoms with Crippen molar-refractivity contribution in [1.29, 1.82) is 0 Å². The summed E-state index contributed by atoms with van der Waals surface area (Å²) in [6.45, 7) is 0.430. The monoisotopic (exact) mass is 594 g/mol. The van der Waals surface area contributed by atoms with Gasteiger partial charge in [0.15, 0.2) is 11.4 Å². The fourth-order valence-electron chi connectivity index (χ4n) is 4.48. The molecule has 2 aromatic heterocycles. The molecule has 0 radical (unpaired) electrons. The van der Waals surface area contributed by atoms with E-state index in [0.717, 1.165) is 12.4 Å². The van der Waals surface area contributed by atoms with Crippen LogP contribution in [0.4, 0.5) is 40.9 Å². The number of anilines is 1. The number of carbonyl (C=O) groups excluding carboxylic acids is 2. The van der Waals surface area contributed by atoms with Crippen LogP contribution >= 0.6 is 0 Å². The van der Waals surface area contributed by atoms with E-state index in [1.54, 1.807) is 0 Å². The zero-order chi connectivity index (χ0) is 30.7. The lowest BCUT2D eigenvalue weighted by Gasteiger charge is -2.27. The Morgan fingerprint density at radius 1 is 1.17 bits per heavy atom. The molecule has 4 N–H and O–H groups in total. The second-order valence-electron chi connectivity index (χ2n) is 9.81. The van der Waals surface area contributed by atoms with E-state index in [0.29, 0.717) is 22.4 Å². The Kier molecular flexibility index (Phi) is 7.39. The highest BCUT2D eigenvalue weighted by Gasteiger charge is 2.52. The highest BCUT2D eigenvalue weighted by atomic mass is 19.4. The molecule has 0 aliphatic carbocycles. The van der Waals surface area contributed by atoms with Gasteiger partial charge in [-0.25, -0.2) is 18.3 Å². The molecule has 1 saturated heterocycles. The summed E-state index contributed by atoms with van der Waals surface area (Å²) in [5.41, 5.74) is -1.16. The van der Waals surface area contributed by atoms with E-state index < -0.39 is 101 Å². The van der Waals surface area contributed by atoms with Gasteiger partial charge in [0.25, 0.3) is 5.91 Å². The Labute approximate surface area is 225 Å². The van der Waals surface area contributed by atoms with E-state index in [-0.39, 0.29) is 5.56 Å². The Morgan fingerprint density at radius 2 is 1.83 bits per heavy atom. The predicted octanol–water partition coefficient (Wildman–Crippen LogP) is 3.43. The third-order valence-corrected chi connectivity index (χ3v) is 6.77. The fourth-order valence-corrected chi connectivity index (χ4v) is 4.48. The average molecular weight is 594 g/mol. The molecular weight excluding hydrogens is 572 g/mol. The number of hydrogen-bond donors (Lipinski definition) is 3. The topological polar surface area (TPSA) is 126 Å². The van der Waals surface area contributed by atoms with Gasteiger partial charge in [0.05, 0.1) is 35.8 Å². The summed E-state index contributed by atoms with van der Waals surface area (Å²) in [6.07, 6.45) is -12.5. The quantitative estimate of drug-likeness (QED) is 0.389. The molecule has 2 amide bonds. The van der Waals surface area contributed by atoms with Crippen LogP contribution in [0.1, 0.15) is 34.8 Å². The van der Waals surface area contributed by atoms with Gasteiger partial charge in [0, 0.05) is 12.1 Å². The Hall–Kier alpha value is -4.02. The van der Waals surface area contributed by atoms with Crippen molar-refractivity contribution in [3.05, 3.63) is 47.0 Å². The highest BCUT2D eigenvalue weighted by molar-refractivity contribution is 5.98. The second-order valence-corrected chi connectivity index (χ2v) is 9.81. The second kappa shape index (κ2) is 10.1. The van der Waals surface area contributed by atoms with Crippen LogP contribution in [0.2, 0.25) is 0 Å². The summed E-state index contributed by atoms with van der Waals surface area (Å²) >= 11 is 0. The molecule has 0 saturated carbocycles.